The Labute approximate surface area is 209 Å². The number of ether oxygens (including phenoxy) is 2. The Morgan fingerprint density at radius 1 is 1.34 bits per heavy atom. The lowest BCUT2D eigenvalue weighted by Crippen LogP contribution is -2.54. The summed E-state index contributed by atoms with van der Waals surface area (Å²) in [5.74, 6) is 1.04. The van der Waals surface area contributed by atoms with Crippen LogP contribution in [0.5, 0.6) is 5.88 Å². The van der Waals surface area contributed by atoms with E-state index < -0.39 is 5.54 Å². The number of rotatable bonds is 7. The lowest BCUT2D eigenvalue weighted by atomic mass is 9.92. The van der Waals surface area contributed by atoms with Crippen molar-refractivity contribution >= 4 is 29.1 Å². The van der Waals surface area contributed by atoms with E-state index in [9.17, 15) is 4.79 Å². The molecule has 3 aromatic rings. The van der Waals surface area contributed by atoms with Gasteiger partial charge in [0, 0.05) is 18.3 Å². The van der Waals surface area contributed by atoms with Gasteiger partial charge in [0.1, 0.15) is 12.7 Å². The van der Waals surface area contributed by atoms with Crippen molar-refractivity contribution in [3.05, 3.63) is 53.7 Å². The van der Waals surface area contributed by atoms with Crippen molar-refractivity contribution in [1.29, 1.82) is 0 Å². The first-order chi connectivity index (χ1) is 16.7. The molecule has 1 aliphatic heterocycles. The van der Waals surface area contributed by atoms with E-state index in [4.69, 9.17) is 9.47 Å². The molecule has 1 unspecified atom stereocenters. The zero-order valence-electron chi connectivity index (χ0n) is 20.9. The molecule has 1 aromatic carbocycles. The van der Waals surface area contributed by atoms with Gasteiger partial charge < -0.3 is 19.7 Å². The number of hydrogen-bond donors (Lipinski definition) is 1. The van der Waals surface area contributed by atoms with Crippen molar-refractivity contribution in [3.63, 3.8) is 0 Å². The van der Waals surface area contributed by atoms with Gasteiger partial charge in [0.15, 0.2) is 0 Å². The molecule has 1 fully saturated rings. The maximum atomic E-state index is 13.1. The molecule has 1 atom stereocenters. The van der Waals surface area contributed by atoms with Crippen molar-refractivity contribution in [2.24, 2.45) is 0 Å². The number of aryl methyl sites for hydroxylation is 1. The minimum absolute atomic E-state index is 0.132. The van der Waals surface area contributed by atoms with Gasteiger partial charge in [-0.15, -0.1) is 5.10 Å². The molecule has 186 valence electrons. The van der Waals surface area contributed by atoms with Crippen molar-refractivity contribution < 1.29 is 14.3 Å². The first-order valence-corrected chi connectivity index (χ1v) is 12.7. The van der Waals surface area contributed by atoms with Gasteiger partial charge in [-0.1, -0.05) is 42.1 Å². The molecular formula is C25H32N6O3S. The van der Waals surface area contributed by atoms with Crippen LogP contribution in [0.15, 0.2) is 42.1 Å². The van der Waals surface area contributed by atoms with E-state index in [2.05, 4.69) is 33.0 Å². The summed E-state index contributed by atoms with van der Waals surface area (Å²) in [6.45, 7) is 13.6. The van der Waals surface area contributed by atoms with Gasteiger partial charge in [0.05, 0.1) is 18.7 Å². The number of nitrogens with one attached hydrogen (secondary N) is 1. The molecule has 1 aliphatic rings. The Morgan fingerprint density at radius 3 is 2.89 bits per heavy atom. The maximum Gasteiger partial charge on any atom is 0.318 e. The lowest BCUT2D eigenvalue weighted by molar-refractivity contribution is -0.0368. The molecule has 0 aliphatic carbocycles. The zero-order chi connectivity index (χ0) is 25.2. The number of hydrogen-bond acceptors (Lipinski definition) is 7. The van der Waals surface area contributed by atoms with Crippen LogP contribution in [-0.2, 0) is 10.3 Å². The fraction of sp³-hybridized carbons (Fsp3) is 0.440. The molecule has 2 amide bonds. The molecule has 9 nitrogen and oxygen atoms in total. The highest BCUT2D eigenvalue weighted by Gasteiger charge is 2.30. The summed E-state index contributed by atoms with van der Waals surface area (Å²) in [7, 11) is 0. The van der Waals surface area contributed by atoms with Gasteiger partial charge in [-0.05, 0) is 51.1 Å². The Bertz CT molecular complexity index is 1240. The van der Waals surface area contributed by atoms with Crippen molar-refractivity contribution in [3.8, 4) is 5.88 Å². The average Bonchev–Trinajstić information content (AvgIpc) is 3.25. The summed E-state index contributed by atoms with van der Waals surface area (Å²) in [5.41, 5.74) is 3.31. The molecule has 3 heterocycles. The number of carbonyl (C=O) groups excluding carboxylic acids is 1. The number of fused-ring (bicyclic) bond motifs is 1. The Morgan fingerprint density at radius 2 is 2.14 bits per heavy atom. The van der Waals surface area contributed by atoms with Gasteiger partial charge in [-0.25, -0.2) is 9.78 Å². The minimum atomic E-state index is -0.547. The zero-order valence-corrected chi connectivity index (χ0v) is 21.7. The smallest absolute Gasteiger partial charge is 0.318 e. The van der Waals surface area contributed by atoms with Crippen LogP contribution >= 0.6 is 11.8 Å². The average molecular weight is 497 g/mol. The molecule has 0 spiro atoms. The van der Waals surface area contributed by atoms with Crippen LogP contribution < -0.4 is 10.1 Å². The monoisotopic (exact) mass is 496 g/mol. The molecule has 0 bridgehead atoms. The van der Waals surface area contributed by atoms with Crippen molar-refractivity contribution in [2.45, 2.75) is 44.5 Å². The second-order valence-corrected chi connectivity index (χ2v) is 9.99. The van der Waals surface area contributed by atoms with Crippen LogP contribution in [0.4, 0.5) is 4.79 Å². The van der Waals surface area contributed by atoms with Crippen molar-refractivity contribution in [1.82, 2.24) is 29.8 Å². The fourth-order valence-electron chi connectivity index (χ4n) is 3.90. The molecule has 2 aromatic heterocycles. The highest BCUT2D eigenvalue weighted by molar-refractivity contribution is 7.98. The summed E-state index contributed by atoms with van der Waals surface area (Å²) in [4.78, 5) is 23.7. The second kappa shape index (κ2) is 10.2. The van der Waals surface area contributed by atoms with E-state index >= 15 is 0 Å². The predicted octanol–water partition coefficient (Wildman–Crippen LogP) is 3.91. The Kier molecular flexibility index (Phi) is 7.32. The van der Waals surface area contributed by atoms with Crippen molar-refractivity contribution in [2.75, 3.05) is 32.6 Å². The summed E-state index contributed by atoms with van der Waals surface area (Å²) < 4.78 is 13.5. The molecule has 35 heavy (non-hydrogen) atoms. The highest BCUT2D eigenvalue weighted by Crippen LogP contribution is 2.24. The van der Waals surface area contributed by atoms with Gasteiger partial charge in [-0.3, -0.25) is 0 Å². The first-order valence-electron chi connectivity index (χ1n) is 11.5. The largest absolute Gasteiger partial charge is 0.475 e. The lowest BCUT2D eigenvalue weighted by Gasteiger charge is -2.36. The standard InChI is InChI=1S/C25H32N6O3S/c1-16(2)18-8-7-9-19(13-18)25(4,5)28-24(32)30-10-11-33-20(14-30)15-34-21-12-17(3)26-22-27-23(35-6)29-31(21)22/h7-9,12-13,20H,1,10-11,14-15H2,2-6H3,(H,28,32). The van der Waals surface area contributed by atoms with E-state index in [0.717, 1.165) is 22.4 Å². The molecule has 1 saturated heterocycles. The van der Waals surface area contributed by atoms with E-state index in [1.54, 1.807) is 9.42 Å². The maximum absolute atomic E-state index is 13.1. The third-order valence-electron chi connectivity index (χ3n) is 5.91. The molecular weight excluding hydrogens is 464 g/mol. The predicted molar refractivity (Wildman–Crippen MR) is 137 cm³/mol. The van der Waals surface area contributed by atoms with Crippen LogP contribution in [0.3, 0.4) is 0 Å². The minimum Gasteiger partial charge on any atom is -0.475 e. The third kappa shape index (κ3) is 5.76. The van der Waals surface area contributed by atoms with Crippen LogP contribution in [0, 0.1) is 6.92 Å². The Balaban J connectivity index is 1.40. The van der Waals surface area contributed by atoms with E-state index in [0.29, 0.717) is 36.5 Å². The van der Waals surface area contributed by atoms with Crippen LogP contribution in [0.25, 0.3) is 11.4 Å². The van der Waals surface area contributed by atoms with E-state index in [-0.39, 0.29) is 18.7 Å². The number of morpholine rings is 1. The molecule has 1 N–H and O–H groups in total. The molecule has 0 radical (unpaired) electrons. The second-order valence-electron chi connectivity index (χ2n) is 9.21. The molecule has 4 rings (SSSR count). The quantitative estimate of drug-likeness (QED) is 0.496. The van der Waals surface area contributed by atoms with Gasteiger partial charge >= 0.3 is 6.03 Å². The molecule has 10 heteroatoms. The summed E-state index contributed by atoms with van der Waals surface area (Å²) in [6, 6.07) is 9.79. The fourth-order valence-corrected chi connectivity index (χ4v) is 4.24. The van der Waals surface area contributed by atoms with E-state index in [1.165, 1.54) is 11.8 Å². The Hall–Kier alpha value is -3.11. The number of benzene rings is 1. The third-order valence-corrected chi connectivity index (χ3v) is 6.45. The molecule has 0 saturated carbocycles. The number of carbonyl (C=O) groups is 1. The first kappa shape index (κ1) is 25.0. The van der Waals surface area contributed by atoms with Gasteiger partial charge in [-0.2, -0.15) is 9.50 Å². The van der Waals surface area contributed by atoms with Crippen LogP contribution in [0.2, 0.25) is 0 Å². The number of urea groups is 1. The normalized spacial score (nSPS) is 16.4. The number of thioether (sulfide) groups is 1. The number of nitrogens with zero attached hydrogens (tertiary/aromatic N) is 5. The van der Waals surface area contributed by atoms with Crippen LogP contribution in [-0.4, -0.2) is 69.2 Å². The number of aromatic nitrogens is 4. The topological polar surface area (TPSA) is 93.9 Å². The summed E-state index contributed by atoms with van der Waals surface area (Å²) in [5, 5.41) is 8.22. The van der Waals surface area contributed by atoms with E-state index in [1.807, 2.05) is 58.2 Å². The van der Waals surface area contributed by atoms with Gasteiger partial charge in [0.25, 0.3) is 5.78 Å². The van der Waals surface area contributed by atoms with Gasteiger partial charge in [0.2, 0.25) is 11.0 Å². The number of allylic oxidation sites excluding steroid dienone is 1. The number of amides is 2. The summed E-state index contributed by atoms with van der Waals surface area (Å²) in [6.07, 6.45) is 1.65. The summed E-state index contributed by atoms with van der Waals surface area (Å²) >= 11 is 1.44. The SMILES string of the molecule is C=C(C)c1cccc(C(C)(C)NC(=O)N2CCOC(COc3cc(C)nc4nc(SC)nn34)C2)c1. The highest BCUT2D eigenvalue weighted by atomic mass is 32.2. The van der Waals surface area contributed by atoms with Crippen LogP contribution in [0.1, 0.15) is 37.6 Å².